The van der Waals surface area contributed by atoms with Crippen molar-refractivity contribution < 1.29 is 105 Å². The third kappa shape index (κ3) is 38.2. The van der Waals surface area contributed by atoms with Crippen LogP contribution < -0.4 is 96.1 Å². The summed E-state index contributed by atoms with van der Waals surface area (Å²) in [6.07, 6.45) is 4.38. The maximum Gasteiger partial charge on any atom is 0.308 e. The summed E-state index contributed by atoms with van der Waals surface area (Å²) >= 11 is 0. The maximum atomic E-state index is 13.9. The van der Waals surface area contributed by atoms with E-state index in [1.165, 1.54) is 65.7 Å². The fraction of sp³-hybridized carbons (Fsp3) is 0.468. The first-order valence-corrected chi connectivity index (χ1v) is 43.4. The minimum Gasteiger partial charge on any atom is -0.494 e. The number of para-hydroxylation sites is 3. The number of hydrogen-bond donors (Lipinski definition) is 10. The Morgan fingerprint density at radius 3 is 1.08 bits per heavy atom. The Balaban J connectivity index is 1.03. The number of carbonyl (C=O) groups is 14. The zero-order valence-corrected chi connectivity index (χ0v) is 77.1. The number of nitrogens with one attached hydrogen (secondary N) is 10. The molecule has 6 rings (SSSR count). The first-order valence-electron chi connectivity index (χ1n) is 43.4. The predicted molar refractivity (Wildman–Crippen MR) is 488 cm³/mol. The van der Waals surface area contributed by atoms with E-state index in [0.29, 0.717) is 58.4 Å². The van der Waals surface area contributed by atoms with Crippen LogP contribution in [0.5, 0.6) is 40.2 Å². The van der Waals surface area contributed by atoms with Gasteiger partial charge in [0.25, 0.3) is 17.7 Å². The Labute approximate surface area is 760 Å². The van der Waals surface area contributed by atoms with Crippen LogP contribution in [0, 0.1) is 5.41 Å². The summed E-state index contributed by atoms with van der Waals surface area (Å²) in [5, 5.41) is 28.5. The fourth-order valence-corrected chi connectivity index (χ4v) is 13.3. The van der Waals surface area contributed by atoms with E-state index in [2.05, 4.69) is 151 Å². The van der Waals surface area contributed by atoms with E-state index in [4.69, 9.17) is 37.9 Å². The number of amides is 8. The highest BCUT2D eigenvalue weighted by Crippen LogP contribution is 2.38. The molecule has 0 radical (unpaired) electrons. The van der Waals surface area contributed by atoms with E-state index in [1.54, 1.807) is 9.80 Å². The Hall–Kier alpha value is -12.9. The molecular formula is C94H128N14O22. The highest BCUT2D eigenvalue weighted by Gasteiger charge is 2.31. The van der Waals surface area contributed by atoms with E-state index in [0.717, 1.165) is 77.1 Å². The largest absolute Gasteiger partial charge is 0.494 e. The number of nitrogens with zero attached hydrogens (tertiary/aromatic N) is 4. The van der Waals surface area contributed by atoms with Gasteiger partial charge in [0.1, 0.15) is 5.75 Å². The highest BCUT2D eigenvalue weighted by molar-refractivity contribution is 6.01. The van der Waals surface area contributed by atoms with Gasteiger partial charge in [-0.25, -0.2) is 0 Å². The van der Waals surface area contributed by atoms with Crippen LogP contribution in [0.1, 0.15) is 168 Å². The van der Waals surface area contributed by atoms with Crippen molar-refractivity contribution in [3.8, 4) is 40.2 Å². The van der Waals surface area contributed by atoms with Gasteiger partial charge in [-0.2, -0.15) is 0 Å². The predicted octanol–water partition coefficient (Wildman–Crippen LogP) is 6.14. The van der Waals surface area contributed by atoms with E-state index in [-0.39, 0.29) is 179 Å². The fourth-order valence-electron chi connectivity index (χ4n) is 13.3. The Bertz CT molecular complexity index is 4730. The third-order valence-electron chi connectivity index (χ3n) is 20.8. The number of rotatable bonds is 57. The van der Waals surface area contributed by atoms with Crippen molar-refractivity contribution in [1.29, 1.82) is 0 Å². The molecule has 6 aromatic rings. The van der Waals surface area contributed by atoms with Crippen LogP contribution in [-0.4, -0.2) is 258 Å². The Kier molecular flexibility index (Phi) is 44.9. The quantitative estimate of drug-likeness (QED) is 0.00887. The molecule has 0 aromatic heterocycles. The van der Waals surface area contributed by atoms with Gasteiger partial charge in [0, 0.05) is 185 Å². The summed E-state index contributed by atoms with van der Waals surface area (Å²) in [6.45, 7) is 16.5. The highest BCUT2D eigenvalue weighted by atomic mass is 16.6. The van der Waals surface area contributed by atoms with Crippen LogP contribution >= 0.6 is 0 Å². The lowest BCUT2D eigenvalue weighted by atomic mass is 9.84. The second kappa shape index (κ2) is 55.1. The van der Waals surface area contributed by atoms with Crippen molar-refractivity contribution in [3.05, 3.63) is 161 Å². The summed E-state index contributed by atoms with van der Waals surface area (Å²) in [5.41, 5.74) is 4.62. The average Bonchev–Trinajstić information content (AvgIpc) is 0.794. The lowest BCUT2D eigenvalue weighted by molar-refractivity contribution is -0.134. The van der Waals surface area contributed by atoms with E-state index in [1.807, 2.05) is 40.3 Å². The maximum absolute atomic E-state index is 13.9. The van der Waals surface area contributed by atoms with Gasteiger partial charge in [-0.1, -0.05) is 75.4 Å². The van der Waals surface area contributed by atoms with E-state index < -0.39 is 76.9 Å². The molecule has 0 heterocycles. The van der Waals surface area contributed by atoms with Crippen molar-refractivity contribution in [3.63, 3.8) is 0 Å². The van der Waals surface area contributed by atoms with Crippen LogP contribution in [0.4, 0.5) is 11.4 Å². The minimum atomic E-state index is -0.785. The topological polar surface area (TPSA) is 446 Å². The molecule has 0 bridgehead atoms. The molecule has 0 aliphatic rings. The molecule has 6 aromatic carbocycles. The average molecular weight is 1810 g/mol. The van der Waals surface area contributed by atoms with Crippen LogP contribution in [0.3, 0.4) is 0 Å². The lowest BCUT2D eigenvalue weighted by Gasteiger charge is -2.35. The van der Waals surface area contributed by atoms with Crippen LogP contribution in [0.2, 0.25) is 0 Å². The van der Waals surface area contributed by atoms with Crippen molar-refractivity contribution in [1.82, 2.24) is 63.0 Å². The number of benzene rings is 6. The summed E-state index contributed by atoms with van der Waals surface area (Å²) in [6, 6.07) is 37.9. The van der Waals surface area contributed by atoms with Gasteiger partial charge in [-0.05, 0) is 140 Å². The van der Waals surface area contributed by atoms with Crippen molar-refractivity contribution in [2.45, 2.75) is 126 Å². The molecule has 8 amide bonds. The van der Waals surface area contributed by atoms with Gasteiger partial charge in [-0.15, -0.1) is 0 Å². The standard InChI is InChI=1S/C94H128N14O22/c1-15-93(9,62-124-94(10,16-2)41-21-43-97-81(115)28-20-57-123-74-39-33-71(34-40-74)86(69-29-35-72(36-30-69)105(11)12)70-31-37-73(38-32-70)106(13)14)42-44-98-82(116)58-95-51-53-107(60-84(118)100-46-49-103-91(121)76-23-18-26-79(126-64(4)110)88(76)129-67(7)113)55-56-108(61-85(119)101-47-50-104-92(122)77-24-19-27-80(127-65(5)111)89(77)130-68(8)114)54-52-96-59-83(117)99-45-48-102-90(120)75-22-17-25-78(125-63(3)109)87(75)128-66(6)112/h17-19,22-27,29-40,86,95-96H,15-16,20-21,28,41-62H2,1-14H3,(H,97,115)(H,98,116)(H,99,117)(H,100,118)(H,101,119)(H,102,120)(H,103,121)(H,104,122). The second-order valence-electron chi connectivity index (χ2n) is 31.9. The van der Waals surface area contributed by atoms with Gasteiger partial charge in [-0.3, -0.25) is 76.9 Å². The zero-order chi connectivity index (χ0) is 95.3. The molecular weight excluding hydrogens is 1680 g/mol. The SMILES string of the molecule is CCC(C)(CCNC(=O)CNCCN(CCN(CCNCC(=O)NCCNC(=O)c1cccc(OC(C)=O)c1OC(C)=O)CC(=O)NCCNC(=O)c1cccc(OC(C)=O)c1OC(C)=O)CC(=O)NCCNC(=O)c1cccc(OC(C)=O)c1OC(C)=O)COC(C)(CC)CCCNC(=O)CCCOc1ccc(C(c2ccc(N(C)C)cc2)c2ccc(N(C)C)cc2)cc1. The molecule has 0 aliphatic heterocycles. The molecule has 130 heavy (non-hydrogen) atoms. The molecule has 2 atom stereocenters. The second-order valence-corrected chi connectivity index (χ2v) is 31.9. The summed E-state index contributed by atoms with van der Waals surface area (Å²) in [5.74, 6) is -8.95. The molecule has 0 fully saturated rings. The summed E-state index contributed by atoms with van der Waals surface area (Å²) < 4.78 is 44.0. The van der Waals surface area contributed by atoms with Crippen molar-refractivity contribution in [2.24, 2.45) is 5.41 Å². The van der Waals surface area contributed by atoms with Gasteiger partial charge in [0.05, 0.1) is 61.7 Å². The number of esters is 6. The van der Waals surface area contributed by atoms with Crippen molar-refractivity contribution >= 4 is 94.4 Å². The first kappa shape index (κ1) is 106. The minimum absolute atomic E-state index is 0.0140. The third-order valence-corrected chi connectivity index (χ3v) is 20.8. The number of carbonyl (C=O) groups excluding carboxylic acids is 14. The van der Waals surface area contributed by atoms with Crippen LogP contribution in [0.25, 0.3) is 0 Å². The normalized spacial score (nSPS) is 11.9. The van der Waals surface area contributed by atoms with Crippen LogP contribution in [-0.2, 0) is 57.5 Å². The summed E-state index contributed by atoms with van der Waals surface area (Å²) in [4.78, 5) is 187. The Morgan fingerprint density at radius 1 is 0.362 bits per heavy atom. The number of ether oxygens (including phenoxy) is 8. The van der Waals surface area contributed by atoms with Gasteiger partial charge in [0.2, 0.25) is 29.5 Å². The molecule has 36 nitrogen and oxygen atoms in total. The first-order chi connectivity index (χ1) is 62.0. The van der Waals surface area contributed by atoms with Crippen LogP contribution in [0.15, 0.2) is 127 Å². The van der Waals surface area contributed by atoms with Gasteiger partial charge in [0.15, 0.2) is 34.5 Å². The molecule has 2 unspecified atom stereocenters. The molecule has 0 spiro atoms. The molecule has 0 saturated carbocycles. The van der Waals surface area contributed by atoms with Gasteiger partial charge < -0.3 is 101 Å². The molecule has 0 aliphatic carbocycles. The molecule has 36 heteroatoms. The smallest absolute Gasteiger partial charge is 0.308 e. The molecule has 10 N–H and O–H groups in total. The van der Waals surface area contributed by atoms with Gasteiger partial charge >= 0.3 is 35.8 Å². The lowest BCUT2D eigenvalue weighted by Crippen LogP contribution is -2.48. The monoisotopic (exact) mass is 1800 g/mol. The Morgan fingerprint density at radius 2 is 0.715 bits per heavy atom. The summed E-state index contributed by atoms with van der Waals surface area (Å²) in [7, 11) is 8.12. The molecule has 0 saturated heterocycles. The van der Waals surface area contributed by atoms with E-state index in [9.17, 15) is 67.1 Å². The zero-order valence-electron chi connectivity index (χ0n) is 77.1. The van der Waals surface area contributed by atoms with E-state index >= 15 is 0 Å². The molecule has 706 valence electrons. The number of hydrogen-bond acceptors (Lipinski definition) is 28. The number of anilines is 2. The van der Waals surface area contributed by atoms with Crippen molar-refractivity contribution in [2.75, 3.05) is 169 Å².